The van der Waals surface area contributed by atoms with Crippen molar-refractivity contribution < 1.29 is 0 Å². The van der Waals surface area contributed by atoms with Gasteiger partial charge in [0.25, 0.3) is 0 Å². The Balaban J connectivity index is 1.64. The predicted octanol–water partition coefficient (Wildman–Crippen LogP) is 2.95. The average Bonchev–Trinajstić information content (AvgIpc) is 3.26. The van der Waals surface area contributed by atoms with Gasteiger partial charge in [0.05, 0.1) is 18.3 Å². The second-order valence-electron chi connectivity index (χ2n) is 6.74. The zero-order chi connectivity index (χ0) is 20.6. The average molecular weight is 412 g/mol. The van der Waals surface area contributed by atoms with Gasteiger partial charge >= 0.3 is 0 Å². The Bertz CT molecular complexity index is 920. The Kier molecular flexibility index (Phi) is 7.08. The van der Waals surface area contributed by atoms with Gasteiger partial charge in [-0.25, -0.2) is 4.98 Å². The minimum absolute atomic E-state index is 0.0102. The van der Waals surface area contributed by atoms with Gasteiger partial charge < -0.3 is 15.5 Å². The van der Waals surface area contributed by atoms with Crippen LogP contribution < -0.4 is 15.5 Å². The summed E-state index contributed by atoms with van der Waals surface area (Å²) in [7, 11) is 5.71. The molecule has 1 aromatic carbocycles. The lowest BCUT2D eigenvalue weighted by molar-refractivity contribution is 0.510. The zero-order valence-electron chi connectivity index (χ0n) is 16.9. The second-order valence-corrected chi connectivity index (χ2v) is 7.18. The van der Waals surface area contributed by atoms with Crippen molar-refractivity contribution in [1.82, 2.24) is 25.4 Å². The van der Waals surface area contributed by atoms with Crippen LogP contribution in [-0.2, 0) is 6.54 Å². The Labute approximate surface area is 176 Å². The van der Waals surface area contributed by atoms with Crippen LogP contribution in [0.5, 0.6) is 0 Å². The van der Waals surface area contributed by atoms with Crippen molar-refractivity contribution in [3.05, 3.63) is 77.2 Å². The molecule has 1 atom stereocenters. The SMILES string of the molecule is CN=C(NCc1cccc(N(C)C)n1)NCC(c1ccc(Cl)cc1)n1cccn1. The van der Waals surface area contributed by atoms with Gasteiger partial charge in [0.15, 0.2) is 5.96 Å². The first-order valence-electron chi connectivity index (χ1n) is 9.39. The summed E-state index contributed by atoms with van der Waals surface area (Å²) in [5, 5.41) is 11.8. The molecule has 3 rings (SSSR count). The Morgan fingerprint density at radius 2 is 1.93 bits per heavy atom. The number of hydrogen-bond donors (Lipinski definition) is 2. The molecule has 2 aromatic heterocycles. The lowest BCUT2D eigenvalue weighted by Gasteiger charge is -2.21. The maximum Gasteiger partial charge on any atom is 0.191 e. The van der Waals surface area contributed by atoms with E-state index in [-0.39, 0.29) is 6.04 Å². The number of anilines is 1. The molecule has 29 heavy (non-hydrogen) atoms. The number of benzene rings is 1. The third-order valence-electron chi connectivity index (χ3n) is 4.47. The zero-order valence-corrected chi connectivity index (χ0v) is 17.6. The molecule has 1 unspecified atom stereocenters. The predicted molar refractivity (Wildman–Crippen MR) is 119 cm³/mol. The molecule has 2 N–H and O–H groups in total. The van der Waals surface area contributed by atoms with Crippen LogP contribution in [0.3, 0.4) is 0 Å². The molecular weight excluding hydrogens is 386 g/mol. The van der Waals surface area contributed by atoms with Crippen LogP contribution >= 0.6 is 11.6 Å². The summed E-state index contributed by atoms with van der Waals surface area (Å²) in [6.07, 6.45) is 3.73. The summed E-state index contributed by atoms with van der Waals surface area (Å²) in [6, 6.07) is 15.7. The minimum atomic E-state index is 0.0102. The van der Waals surface area contributed by atoms with E-state index in [1.807, 2.05) is 78.4 Å². The van der Waals surface area contributed by atoms with Crippen LogP contribution in [0.2, 0.25) is 5.02 Å². The fourth-order valence-corrected chi connectivity index (χ4v) is 3.04. The van der Waals surface area contributed by atoms with E-state index in [0.29, 0.717) is 24.1 Å². The number of nitrogens with one attached hydrogen (secondary N) is 2. The molecule has 0 aliphatic heterocycles. The molecule has 2 heterocycles. The molecular formula is C21H26ClN7. The molecule has 0 saturated carbocycles. The molecule has 0 aliphatic rings. The normalized spacial score (nSPS) is 12.5. The highest BCUT2D eigenvalue weighted by Crippen LogP contribution is 2.19. The van der Waals surface area contributed by atoms with Gasteiger partial charge in [-0.05, 0) is 35.9 Å². The maximum absolute atomic E-state index is 6.05. The summed E-state index contributed by atoms with van der Waals surface area (Å²) in [4.78, 5) is 10.9. The number of rotatable bonds is 7. The van der Waals surface area contributed by atoms with E-state index < -0.39 is 0 Å². The third kappa shape index (κ3) is 5.71. The molecule has 0 bridgehead atoms. The summed E-state index contributed by atoms with van der Waals surface area (Å²) in [5.41, 5.74) is 2.06. The van der Waals surface area contributed by atoms with Gasteiger partial charge in [0.2, 0.25) is 0 Å². The lowest BCUT2D eigenvalue weighted by Crippen LogP contribution is -2.40. The topological polar surface area (TPSA) is 70.4 Å². The van der Waals surface area contributed by atoms with Gasteiger partial charge in [-0.2, -0.15) is 5.10 Å². The second kappa shape index (κ2) is 9.93. The first-order valence-corrected chi connectivity index (χ1v) is 9.77. The standard InChI is InChI=1S/C21H26ClN7/c1-23-21(24-14-18-6-4-7-20(27-18)28(2)3)25-15-19(29-13-5-12-26-29)16-8-10-17(22)11-9-16/h4-13,19H,14-15H2,1-3H3,(H2,23,24,25). The van der Waals surface area contributed by atoms with E-state index in [1.165, 1.54) is 0 Å². The fourth-order valence-electron chi connectivity index (χ4n) is 2.92. The molecule has 3 aromatic rings. The summed E-state index contributed by atoms with van der Waals surface area (Å²) < 4.78 is 1.92. The molecule has 0 amide bonds. The number of pyridine rings is 1. The van der Waals surface area contributed by atoms with Crippen LogP contribution in [0.1, 0.15) is 17.3 Å². The Hall–Kier alpha value is -3.06. The van der Waals surface area contributed by atoms with Crippen LogP contribution in [-0.4, -0.2) is 48.4 Å². The summed E-state index contributed by atoms with van der Waals surface area (Å²) in [6.45, 7) is 1.20. The third-order valence-corrected chi connectivity index (χ3v) is 4.72. The fraction of sp³-hybridized carbons (Fsp3) is 0.286. The van der Waals surface area contributed by atoms with Crippen LogP contribution in [0.4, 0.5) is 5.82 Å². The summed E-state index contributed by atoms with van der Waals surface area (Å²) >= 11 is 6.05. The lowest BCUT2D eigenvalue weighted by atomic mass is 10.1. The molecule has 0 fully saturated rings. The van der Waals surface area contributed by atoms with Crippen molar-refractivity contribution in [2.75, 3.05) is 32.6 Å². The number of nitrogens with zero attached hydrogens (tertiary/aromatic N) is 5. The quantitative estimate of drug-likeness (QED) is 0.462. The van der Waals surface area contributed by atoms with Crippen LogP contribution in [0.15, 0.2) is 65.9 Å². The number of aliphatic imine (C=N–C) groups is 1. The monoisotopic (exact) mass is 411 g/mol. The van der Waals surface area contributed by atoms with E-state index in [9.17, 15) is 0 Å². The highest BCUT2D eigenvalue weighted by atomic mass is 35.5. The van der Waals surface area contributed by atoms with Crippen molar-refractivity contribution in [3.8, 4) is 0 Å². The van der Waals surface area contributed by atoms with E-state index in [4.69, 9.17) is 11.6 Å². The van der Waals surface area contributed by atoms with E-state index in [1.54, 1.807) is 13.2 Å². The van der Waals surface area contributed by atoms with Crippen molar-refractivity contribution >= 4 is 23.4 Å². The van der Waals surface area contributed by atoms with E-state index in [0.717, 1.165) is 17.1 Å². The Morgan fingerprint density at radius 3 is 2.59 bits per heavy atom. The van der Waals surface area contributed by atoms with Crippen LogP contribution in [0, 0.1) is 0 Å². The molecule has 7 nitrogen and oxygen atoms in total. The van der Waals surface area contributed by atoms with Gasteiger partial charge in [0, 0.05) is 45.1 Å². The number of aromatic nitrogens is 3. The molecule has 152 valence electrons. The number of halogens is 1. The first kappa shape index (κ1) is 20.7. The van der Waals surface area contributed by atoms with Gasteiger partial charge in [0.1, 0.15) is 5.82 Å². The van der Waals surface area contributed by atoms with Crippen molar-refractivity contribution in [2.24, 2.45) is 4.99 Å². The maximum atomic E-state index is 6.05. The Morgan fingerprint density at radius 1 is 1.14 bits per heavy atom. The largest absolute Gasteiger partial charge is 0.363 e. The highest BCUT2D eigenvalue weighted by Gasteiger charge is 2.15. The van der Waals surface area contributed by atoms with E-state index in [2.05, 4.69) is 25.7 Å². The van der Waals surface area contributed by atoms with Crippen molar-refractivity contribution in [1.29, 1.82) is 0 Å². The summed E-state index contributed by atoms with van der Waals surface area (Å²) in [5.74, 6) is 1.63. The molecule has 8 heteroatoms. The smallest absolute Gasteiger partial charge is 0.191 e. The van der Waals surface area contributed by atoms with Crippen molar-refractivity contribution in [3.63, 3.8) is 0 Å². The van der Waals surface area contributed by atoms with Gasteiger partial charge in [-0.3, -0.25) is 9.67 Å². The molecule has 0 radical (unpaired) electrons. The molecule has 0 aliphatic carbocycles. The van der Waals surface area contributed by atoms with Crippen molar-refractivity contribution in [2.45, 2.75) is 12.6 Å². The van der Waals surface area contributed by atoms with Crippen LogP contribution in [0.25, 0.3) is 0 Å². The molecule has 0 spiro atoms. The van der Waals surface area contributed by atoms with Gasteiger partial charge in [-0.1, -0.05) is 29.8 Å². The number of guanidine groups is 1. The van der Waals surface area contributed by atoms with E-state index >= 15 is 0 Å². The first-order chi connectivity index (χ1) is 14.1. The van der Waals surface area contributed by atoms with Gasteiger partial charge in [-0.15, -0.1) is 0 Å². The number of hydrogen-bond acceptors (Lipinski definition) is 4. The molecule has 0 saturated heterocycles. The highest BCUT2D eigenvalue weighted by molar-refractivity contribution is 6.30. The minimum Gasteiger partial charge on any atom is -0.363 e.